The number of halogens is 1. The minimum absolute atomic E-state index is 0. The second-order valence-electron chi connectivity index (χ2n) is 6.00. The molecule has 2 N–H and O–H groups in total. The number of rotatable bonds is 7. The summed E-state index contributed by atoms with van der Waals surface area (Å²) in [7, 11) is 0. The van der Waals surface area contributed by atoms with Gasteiger partial charge in [-0.15, -0.1) is 35.3 Å². The van der Waals surface area contributed by atoms with Crippen LogP contribution in [0.5, 0.6) is 0 Å². The molecule has 0 amide bonds. The maximum Gasteiger partial charge on any atom is 0.191 e. The Morgan fingerprint density at radius 1 is 1.22 bits per heavy atom. The summed E-state index contributed by atoms with van der Waals surface area (Å²) in [6.45, 7) is 6.63. The van der Waals surface area contributed by atoms with Crippen LogP contribution in [0.2, 0.25) is 0 Å². The van der Waals surface area contributed by atoms with Crippen molar-refractivity contribution in [2.24, 2.45) is 4.99 Å². The molecule has 27 heavy (non-hydrogen) atoms. The normalized spacial score (nSPS) is 12.3. The Bertz CT molecular complexity index is 799. The highest BCUT2D eigenvalue weighted by atomic mass is 127. The van der Waals surface area contributed by atoms with Gasteiger partial charge in [-0.2, -0.15) is 5.10 Å². The molecular formula is C19H25IN6S. The van der Waals surface area contributed by atoms with E-state index >= 15 is 0 Å². The SMILES string of the molecule is CCNC(=NCc1ccc(-n2cncn2)cc1)NCC(C)c1cccs1.I. The summed E-state index contributed by atoms with van der Waals surface area (Å²) >= 11 is 1.79. The van der Waals surface area contributed by atoms with Crippen molar-refractivity contribution in [2.45, 2.75) is 26.3 Å². The maximum absolute atomic E-state index is 4.69. The zero-order valence-corrected chi connectivity index (χ0v) is 18.6. The summed E-state index contributed by atoms with van der Waals surface area (Å²) in [4.78, 5) is 10.0. The van der Waals surface area contributed by atoms with E-state index in [1.165, 1.54) is 11.2 Å². The van der Waals surface area contributed by atoms with Crippen LogP contribution in [-0.2, 0) is 6.54 Å². The maximum atomic E-state index is 4.69. The van der Waals surface area contributed by atoms with Crippen LogP contribution >= 0.6 is 35.3 Å². The van der Waals surface area contributed by atoms with Crippen LogP contribution in [0.3, 0.4) is 0 Å². The Morgan fingerprint density at radius 2 is 2.04 bits per heavy atom. The molecule has 1 aromatic carbocycles. The van der Waals surface area contributed by atoms with Crippen LogP contribution in [0.1, 0.15) is 30.2 Å². The van der Waals surface area contributed by atoms with Gasteiger partial charge in [0, 0.05) is 23.9 Å². The number of nitrogens with one attached hydrogen (secondary N) is 2. The van der Waals surface area contributed by atoms with Crippen LogP contribution in [0.25, 0.3) is 5.69 Å². The lowest BCUT2D eigenvalue weighted by molar-refractivity contribution is 0.709. The van der Waals surface area contributed by atoms with Crippen molar-refractivity contribution in [3.8, 4) is 5.69 Å². The predicted octanol–water partition coefficient (Wildman–Crippen LogP) is 3.81. The van der Waals surface area contributed by atoms with Crippen molar-refractivity contribution in [1.29, 1.82) is 0 Å². The molecule has 1 unspecified atom stereocenters. The van der Waals surface area contributed by atoms with Gasteiger partial charge in [0.05, 0.1) is 12.2 Å². The molecule has 0 saturated heterocycles. The second kappa shape index (κ2) is 11.0. The summed E-state index contributed by atoms with van der Waals surface area (Å²) < 4.78 is 1.74. The lowest BCUT2D eigenvalue weighted by atomic mass is 10.1. The van der Waals surface area contributed by atoms with Crippen molar-refractivity contribution in [1.82, 2.24) is 25.4 Å². The summed E-state index contributed by atoms with van der Waals surface area (Å²) in [5, 5.41) is 13.0. The molecule has 6 nitrogen and oxygen atoms in total. The van der Waals surface area contributed by atoms with Gasteiger partial charge >= 0.3 is 0 Å². The zero-order valence-electron chi connectivity index (χ0n) is 15.5. The van der Waals surface area contributed by atoms with Crippen LogP contribution in [0.4, 0.5) is 0 Å². The average molecular weight is 496 g/mol. The van der Waals surface area contributed by atoms with Crippen LogP contribution in [-0.4, -0.2) is 33.8 Å². The van der Waals surface area contributed by atoms with Gasteiger partial charge in [-0.25, -0.2) is 14.7 Å². The standard InChI is InChI=1S/C19H24N6S.HI/c1-3-21-19(22-11-15(2)18-5-4-10-26-18)23-12-16-6-8-17(9-7-16)25-14-20-13-24-25;/h4-10,13-15H,3,11-12H2,1-2H3,(H2,21,22,23);1H. The van der Waals surface area contributed by atoms with Crippen molar-refractivity contribution in [3.05, 3.63) is 64.9 Å². The fourth-order valence-corrected chi connectivity index (χ4v) is 3.32. The van der Waals surface area contributed by atoms with Crippen molar-refractivity contribution < 1.29 is 0 Å². The first kappa shape index (κ1) is 21.4. The molecule has 0 fully saturated rings. The molecule has 2 heterocycles. The minimum Gasteiger partial charge on any atom is -0.357 e. The van der Waals surface area contributed by atoms with E-state index in [1.807, 2.05) is 12.1 Å². The highest BCUT2D eigenvalue weighted by Crippen LogP contribution is 2.19. The lowest BCUT2D eigenvalue weighted by Crippen LogP contribution is -2.39. The molecular weight excluding hydrogens is 471 g/mol. The van der Waals surface area contributed by atoms with E-state index in [9.17, 15) is 0 Å². The van der Waals surface area contributed by atoms with Crippen LogP contribution < -0.4 is 10.6 Å². The molecule has 1 atom stereocenters. The fraction of sp³-hybridized carbons (Fsp3) is 0.316. The molecule has 0 aliphatic heterocycles. The highest BCUT2D eigenvalue weighted by Gasteiger charge is 2.07. The third kappa shape index (κ3) is 6.31. The first-order valence-electron chi connectivity index (χ1n) is 8.75. The van der Waals surface area contributed by atoms with E-state index in [2.05, 4.69) is 64.2 Å². The number of hydrogen-bond donors (Lipinski definition) is 2. The van der Waals surface area contributed by atoms with Crippen molar-refractivity contribution >= 4 is 41.3 Å². The first-order valence-corrected chi connectivity index (χ1v) is 9.63. The van der Waals surface area contributed by atoms with Gasteiger partial charge in [-0.1, -0.05) is 25.1 Å². The van der Waals surface area contributed by atoms with Gasteiger partial charge in [-0.05, 0) is 36.1 Å². The van der Waals surface area contributed by atoms with Gasteiger partial charge in [-0.3, -0.25) is 0 Å². The Balaban J connectivity index is 0.00000261. The number of benzene rings is 1. The van der Waals surface area contributed by atoms with Gasteiger partial charge in [0.1, 0.15) is 12.7 Å². The number of guanidine groups is 1. The van der Waals surface area contributed by atoms with Crippen LogP contribution in [0.15, 0.2) is 59.4 Å². The molecule has 0 bridgehead atoms. The molecule has 144 valence electrons. The number of aliphatic imine (C=N–C) groups is 1. The Hall–Kier alpha value is -1.94. The molecule has 3 aromatic rings. The van der Waals surface area contributed by atoms with E-state index in [0.717, 1.165) is 30.3 Å². The molecule has 0 spiro atoms. The minimum atomic E-state index is 0. The second-order valence-corrected chi connectivity index (χ2v) is 6.98. The van der Waals surface area contributed by atoms with E-state index in [0.29, 0.717) is 12.5 Å². The molecule has 2 aromatic heterocycles. The number of thiophene rings is 1. The molecule has 3 rings (SSSR count). The monoisotopic (exact) mass is 496 g/mol. The van der Waals surface area contributed by atoms with E-state index < -0.39 is 0 Å². The Morgan fingerprint density at radius 3 is 2.67 bits per heavy atom. The number of aromatic nitrogens is 3. The van der Waals surface area contributed by atoms with Gasteiger partial charge in [0.2, 0.25) is 0 Å². The fourth-order valence-electron chi connectivity index (χ4n) is 2.53. The summed E-state index contributed by atoms with van der Waals surface area (Å²) in [6, 6.07) is 12.5. The molecule has 8 heteroatoms. The molecule has 0 radical (unpaired) electrons. The first-order chi connectivity index (χ1) is 12.8. The predicted molar refractivity (Wildman–Crippen MR) is 122 cm³/mol. The number of nitrogens with zero attached hydrogens (tertiary/aromatic N) is 4. The van der Waals surface area contributed by atoms with E-state index in [1.54, 1.807) is 22.3 Å². The van der Waals surface area contributed by atoms with Crippen molar-refractivity contribution in [2.75, 3.05) is 13.1 Å². The Labute approximate surface area is 181 Å². The number of hydrogen-bond acceptors (Lipinski definition) is 4. The van der Waals surface area contributed by atoms with E-state index in [-0.39, 0.29) is 24.0 Å². The molecule has 0 aliphatic rings. The van der Waals surface area contributed by atoms with Crippen LogP contribution in [0, 0.1) is 0 Å². The largest absolute Gasteiger partial charge is 0.357 e. The molecule has 0 saturated carbocycles. The van der Waals surface area contributed by atoms with Gasteiger partial charge in [0.25, 0.3) is 0 Å². The third-order valence-corrected chi connectivity index (χ3v) is 5.09. The third-order valence-electron chi connectivity index (χ3n) is 3.99. The van der Waals surface area contributed by atoms with Gasteiger partial charge < -0.3 is 10.6 Å². The van der Waals surface area contributed by atoms with Gasteiger partial charge in [0.15, 0.2) is 5.96 Å². The Kier molecular flexibility index (Phi) is 8.73. The summed E-state index contributed by atoms with van der Waals surface area (Å²) in [5.74, 6) is 1.30. The van der Waals surface area contributed by atoms with E-state index in [4.69, 9.17) is 4.99 Å². The quantitative estimate of drug-likeness (QED) is 0.297. The average Bonchev–Trinajstić information content (AvgIpc) is 3.38. The zero-order chi connectivity index (χ0) is 18.2. The highest BCUT2D eigenvalue weighted by molar-refractivity contribution is 14.0. The lowest BCUT2D eigenvalue weighted by Gasteiger charge is -2.15. The van der Waals surface area contributed by atoms with Crippen molar-refractivity contribution in [3.63, 3.8) is 0 Å². The summed E-state index contributed by atoms with van der Waals surface area (Å²) in [6.07, 6.45) is 3.22. The molecule has 0 aliphatic carbocycles. The summed E-state index contributed by atoms with van der Waals surface area (Å²) in [5.41, 5.74) is 2.14. The topological polar surface area (TPSA) is 67.1 Å². The smallest absolute Gasteiger partial charge is 0.191 e.